The molecule has 0 bridgehead atoms. The molecule has 0 amide bonds. The first-order chi connectivity index (χ1) is 15.3. The van der Waals surface area contributed by atoms with Gasteiger partial charge >= 0.3 is 0 Å². The maximum atomic E-state index is 11.0. The standard InChI is InChI=1S/C21H25Br2N5O2S2/c1-4-26(5-2)21(31)32-12-11-27(6-3)16-9-7-15(8-10-16)24-25-20-18(22)13-17(28(29)30)14-19(20)23/h7-10,13-14H,4-6,11-12H2,1-3H3. The minimum atomic E-state index is -0.454. The van der Waals surface area contributed by atoms with Crippen LogP contribution in [-0.2, 0) is 0 Å². The van der Waals surface area contributed by atoms with E-state index in [0.29, 0.717) is 20.3 Å². The molecule has 0 aliphatic heterocycles. The van der Waals surface area contributed by atoms with E-state index in [4.69, 9.17) is 12.2 Å². The molecule has 0 aromatic heterocycles. The first-order valence-electron chi connectivity index (χ1n) is 10.1. The van der Waals surface area contributed by atoms with Crippen LogP contribution < -0.4 is 4.90 Å². The monoisotopic (exact) mass is 601 g/mol. The highest BCUT2D eigenvalue weighted by atomic mass is 79.9. The van der Waals surface area contributed by atoms with Crippen molar-refractivity contribution in [2.45, 2.75) is 20.8 Å². The molecule has 0 unspecified atom stereocenters. The van der Waals surface area contributed by atoms with Crippen molar-refractivity contribution in [2.24, 2.45) is 10.2 Å². The van der Waals surface area contributed by atoms with Gasteiger partial charge in [0.1, 0.15) is 10.0 Å². The van der Waals surface area contributed by atoms with Crippen molar-refractivity contribution in [3.05, 3.63) is 55.5 Å². The van der Waals surface area contributed by atoms with Crippen LogP contribution in [0.5, 0.6) is 0 Å². The summed E-state index contributed by atoms with van der Waals surface area (Å²) in [6.07, 6.45) is 0. The highest BCUT2D eigenvalue weighted by Gasteiger charge is 2.14. The van der Waals surface area contributed by atoms with E-state index < -0.39 is 4.92 Å². The molecule has 172 valence electrons. The van der Waals surface area contributed by atoms with E-state index in [1.54, 1.807) is 11.8 Å². The fraction of sp³-hybridized carbons (Fsp3) is 0.381. The quantitative estimate of drug-likeness (QED) is 0.120. The minimum absolute atomic E-state index is 0.0252. The number of hydrogen-bond acceptors (Lipinski definition) is 7. The Bertz CT molecular complexity index is 946. The summed E-state index contributed by atoms with van der Waals surface area (Å²) in [5.74, 6) is 0.923. The summed E-state index contributed by atoms with van der Waals surface area (Å²) in [7, 11) is 0. The molecule has 0 aliphatic carbocycles. The second-order valence-electron chi connectivity index (χ2n) is 6.60. The van der Waals surface area contributed by atoms with Crippen molar-refractivity contribution in [1.29, 1.82) is 0 Å². The molecule has 11 heteroatoms. The lowest BCUT2D eigenvalue weighted by molar-refractivity contribution is -0.385. The Balaban J connectivity index is 2.02. The lowest BCUT2D eigenvalue weighted by atomic mass is 10.2. The third kappa shape index (κ3) is 7.50. The molecule has 7 nitrogen and oxygen atoms in total. The molecule has 0 radical (unpaired) electrons. The average molecular weight is 603 g/mol. The molecule has 0 heterocycles. The summed E-state index contributed by atoms with van der Waals surface area (Å²) in [5.41, 5.74) is 2.27. The number of nitrogens with zero attached hydrogens (tertiary/aromatic N) is 5. The van der Waals surface area contributed by atoms with Gasteiger partial charge in [0.15, 0.2) is 0 Å². The predicted octanol–water partition coefficient (Wildman–Crippen LogP) is 7.72. The molecule has 0 saturated heterocycles. The van der Waals surface area contributed by atoms with Crippen molar-refractivity contribution in [2.75, 3.05) is 36.8 Å². The highest BCUT2D eigenvalue weighted by Crippen LogP contribution is 2.38. The lowest BCUT2D eigenvalue weighted by Gasteiger charge is -2.25. The average Bonchev–Trinajstić information content (AvgIpc) is 2.77. The van der Waals surface area contributed by atoms with Gasteiger partial charge in [-0.05, 0) is 76.9 Å². The van der Waals surface area contributed by atoms with E-state index >= 15 is 0 Å². The molecule has 32 heavy (non-hydrogen) atoms. The van der Waals surface area contributed by atoms with E-state index in [9.17, 15) is 10.1 Å². The number of thioether (sulfide) groups is 1. The van der Waals surface area contributed by atoms with E-state index in [2.05, 4.69) is 72.7 Å². The SMILES string of the molecule is CCN(CC)C(=S)SCCN(CC)c1ccc(N=Nc2c(Br)cc([N+](=O)[O-])cc2Br)cc1. The molecule has 0 fully saturated rings. The number of thiocarbonyl (C=S) groups is 1. The van der Waals surface area contributed by atoms with Crippen LogP contribution in [0.15, 0.2) is 55.6 Å². The molecular weight excluding hydrogens is 578 g/mol. The summed E-state index contributed by atoms with van der Waals surface area (Å²) >= 11 is 13.9. The Labute approximate surface area is 215 Å². The van der Waals surface area contributed by atoms with Gasteiger partial charge in [0, 0.05) is 49.8 Å². The fourth-order valence-electron chi connectivity index (χ4n) is 2.88. The number of non-ortho nitro benzene ring substituents is 1. The number of nitro groups is 1. The number of halogens is 2. The summed E-state index contributed by atoms with van der Waals surface area (Å²) in [6.45, 7) is 10.0. The van der Waals surface area contributed by atoms with Crippen molar-refractivity contribution in [3.63, 3.8) is 0 Å². The Morgan fingerprint density at radius 2 is 1.66 bits per heavy atom. The predicted molar refractivity (Wildman–Crippen MR) is 145 cm³/mol. The van der Waals surface area contributed by atoms with Gasteiger partial charge in [-0.25, -0.2) is 0 Å². The molecule has 0 saturated carbocycles. The van der Waals surface area contributed by atoms with Gasteiger partial charge in [0.05, 0.1) is 19.6 Å². The molecule has 2 aromatic rings. The topological polar surface area (TPSA) is 74.3 Å². The highest BCUT2D eigenvalue weighted by molar-refractivity contribution is 9.11. The summed E-state index contributed by atoms with van der Waals surface area (Å²) < 4.78 is 1.94. The molecule has 0 N–H and O–H groups in total. The summed E-state index contributed by atoms with van der Waals surface area (Å²) in [4.78, 5) is 15.0. The van der Waals surface area contributed by atoms with Gasteiger partial charge in [-0.15, -0.1) is 5.11 Å². The lowest BCUT2D eigenvalue weighted by Crippen LogP contribution is -2.29. The van der Waals surface area contributed by atoms with Crippen LogP contribution in [0, 0.1) is 10.1 Å². The van der Waals surface area contributed by atoms with Gasteiger partial charge < -0.3 is 9.80 Å². The number of nitro benzene ring substituents is 1. The molecule has 2 rings (SSSR count). The second-order valence-corrected chi connectivity index (χ2v) is 10.0. The van der Waals surface area contributed by atoms with Crippen LogP contribution in [0.3, 0.4) is 0 Å². The Kier molecular flexibility index (Phi) is 11.0. The maximum absolute atomic E-state index is 11.0. The van der Waals surface area contributed by atoms with Gasteiger partial charge in [0.25, 0.3) is 5.69 Å². The second kappa shape index (κ2) is 13.2. The summed E-state index contributed by atoms with van der Waals surface area (Å²) in [5, 5.41) is 19.5. The van der Waals surface area contributed by atoms with E-state index in [0.717, 1.165) is 41.9 Å². The van der Waals surface area contributed by atoms with Crippen LogP contribution in [0.2, 0.25) is 0 Å². The zero-order valence-electron chi connectivity index (χ0n) is 18.1. The third-order valence-electron chi connectivity index (χ3n) is 4.68. The zero-order chi connectivity index (χ0) is 23.7. The minimum Gasteiger partial charge on any atom is -0.371 e. The Morgan fingerprint density at radius 3 is 2.16 bits per heavy atom. The maximum Gasteiger partial charge on any atom is 0.271 e. The zero-order valence-corrected chi connectivity index (χ0v) is 22.9. The number of benzene rings is 2. The van der Waals surface area contributed by atoms with E-state index in [1.807, 2.05) is 24.3 Å². The third-order valence-corrected chi connectivity index (χ3v) is 7.40. The van der Waals surface area contributed by atoms with Gasteiger partial charge in [-0.1, -0.05) is 24.0 Å². The molecular formula is C21H25Br2N5O2S2. The van der Waals surface area contributed by atoms with Crippen molar-refractivity contribution in [1.82, 2.24) is 4.90 Å². The van der Waals surface area contributed by atoms with Crippen molar-refractivity contribution >= 4 is 82.9 Å². The molecule has 2 aromatic carbocycles. The van der Waals surface area contributed by atoms with Crippen LogP contribution in [0.25, 0.3) is 0 Å². The summed E-state index contributed by atoms with van der Waals surface area (Å²) in [6, 6.07) is 10.7. The van der Waals surface area contributed by atoms with Gasteiger partial charge in [0.2, 0.25) is 0 Å². The van der Waals surface area contributed by atoms with Crippen LogP contribution in [0.4, 0.5) is 22.7 Å². The smallest absolute Gasteiger partial charge is 0.271 e. The van der Waals surface area contributed by atoms with Crippen molar-refractivity contribution in [3.8, 4) is 0 Å². The van der Waals surface area contributed by atoms with Gasteiger partial charge in [-0.2, -0.15) is 5.11 Å². The fourth-order valence-corrected chi connectivity index (χ4v) is 5.63. The Hall–Kier alpha value is -1.56. The normalized spacial score (nSPS) is 11.0. The largest absolute Gasteiger partial charge is 0.371 e. The first kappa shape index (κ1) is 26.7. The van der Waals surface area contributed by atoms with Crippen LogP contribution in [-0.4, -0.2) is 46.1 Å². The van der Waals surface area contributed by atoms with Gasteiger partial charge in [-0.3, -0.25) is 10.1 Å². The number of hydrogen-bond donors (Lipinski definition) is 0. The Morgan fingerprint density at radius 1 is 1.06 bits per heavy atom. The van der Waals surface area contributed by atoms with Crippen LogP contribution in [0.1, 0.15) is 20.8 Å². The van der Waals surface area contributed by atoms with E-state index in [1.165, 1.54) is 12.1 Å². The molecule has 0 spiro atoms. The number of anilines is 1. The molecule has 0 aliphatic rings. The van der Waals surface area contributed by atoms with Crippen LogP contribution >= 0.6 is 55.8 Å². The van der Waals surface area contributed by atoms with E-state index in [-0.39, 0.29) is 5.69 Å². The molecule has 0 atom stereocenters. The van der Waals surface area contributed by atoms with Crippen molar-refractivity contribution < 1.29 is 4.92 Å². The number of azo groups is 1. The number of rotatable bonds is 10. The first-order valence-corrected chi connectivity index (χ1v) is 13.1.